The van der Waals surface area contributed by atoms with Gasteiger partial charge in [-0.15, -0.1) is 0 Å². The van der Waals surface area contributed by atoms with Crippen molar-refractivity contribution in [3.05, 3.63) is 28.2 Å². The molecule has 0 heterocycles. The summed E-state index contributed by atoms with van der Waals surface area (Å²) in [6, 6.07) is 7.31. The SMILES string of the molecule is COc1ccc(Br)c(CNC(C)CNC2CC2)c1. The minimum atomic E-state index is 0.476. The molecule has 1 fully saturated rings. The molecule has 1 saturated carbocycles. The predicted molar refractivity (Wildman–Crippen MR) is 78.0 cm³/mol. The first-order chi connectivity index (χ1) is 8.69. The third-order valence-corrected chi connectivity index (χ3v) is 3.96. The first-order valence-electron chi connectivity index (χ1n) is 6.48. The normalized spacial score (nSPS) is 16.6. The van der Waals surface area contributed by atoms with Gasteiger partial charge in [-0.05, 0) is 43.5 Å². The van der Waals surface area contributed by atoms with Gasteiger partial charge in [0, 0.05) is 29.6 Å². The van der Waals surface area contributed by atoms with Gasteiger partial charge in [-0.25, -0.2) is 0 Å². The molecule has 1 aliphatic carbocycles. The molecule has 0 spiro atoms. The molecule has 0 aliphatic heterocycles. The Bertz CT molecular complexity index is 393. The lowest BCUT2D eigenvalue weighted by Gasteiger charge is -2.15. The number of rotatable bonds is 7. The second-order valence-electron chi connectivity index (χ2n) is 4.92. The zero-order valence-corrected chi connectivity index (χ0v) is 12.6. The second kappa shape index (κ2) is 6.55. The molecular formula is C14H21BrN2O. The Morgan fingerprint density at radius 1 is 1.44 bits per heavy atom. The Hall–Kier alpha value is -0.580. The van der Waals surface area contributed by atoms with Gasteiger partial charge in [0.25, 0.3) is 0 Å². The van der Waals surface area contributed by atoms with Crippen molar-refractivity contribution in [1.29, 1.82) is 0 Å². The highest BCUT2D eigenvalue weighted by molar-refractivity contribution is 9.10. The van der Waals surface area contributed by atoms with E-state index < -0.39 is 0 Å². The molecule has 3 nitrogen and oxygen atoms in total. The van der Waals surface area contributed by atoms with Crippen molar-refractivity contribution in [3.8, 4) is 5.75 Å². The smallest absolute Gasteiger partial charge is 0.119 e. The third kappa shape index (κ3) is 4.26. The van der Waals surface area contributed by atoms with E-state index in [1.807, 2.05) is 12.1 Å². The summed E-state index contributed by atoms with van der Waals surface area (Å²) in [6.45, 7) is 4.10. The number of ether oxygens (including phenoxy) is 1. The molecular weight excluding hydrogens is 292 g/mol. The Kier molecular flexibility index (Phi) is 5.03. The average Bonchev–Trinajstić information content (AvgIpc) is 3.19. The number of benzene rings is 1. The number of methoxy groups -OCH3 is 1. The van der Waals surface area contributed by atoms with Crippen LogP contribution in [0, 0.1) is 0 Å². The molecule has 1 aliphatic rings. The van der Waals surface area contributed by atoms with E-state index in [0.717, 1.165) is 29.4 Å². The molecule has 100 valence electrons. The van der Waals surface area contributed by atoms with Crippen molar-refractivity contribution in [2.45, 2.75) is 38.4 Å². The van der Waals surface area contributed by atoms with Gasteiger partial charge in [-0.1, -0.05) is 15.9 Å². The van der Waals surface area contributed by atoms with E-state index in [2.05, 4.69) is 39.6 Å². The van der Waals surface area contributed by atoms with Gasteiger partial charge in [0.05, 0.1) is 7.11 Å². The average molecular weight is 313 g/mol. The van der Waals surface area contributed by atoms with Crippen molar-refractivity contribution in [3.63, 3.8) is 0 Å². The van der Waals surface area contributed by atoms with E-state index in [1.165, 1.54) is 18.4 Å². The summed E-state index contributed by atoms with van der Waals surface area (Å²) in [6.07, 6.45) is 2.68. The monoisotopic (exact) mass is 312 g/mol. The fourth-order valence-electron chi connectivity index (χ4n) is 1.80. The third-order valence-electron chi connectivity index (χ3n) is 3.18. The minimum Gasteiger partial charge on any atom is -0.497 e. The van der Waals surface area contributed by atoms with Gasteiger partial charge in [-0.3, -0.25) is 0 Å². The molecule has 18 heavy (non-hydrogen) atoms. The summed E-state index contributed by atoms with van der Waals surface area (Å²) >= 11 is 3.57. The standard InChI is InChI=1S/C14H21BrN2O/c1-10(8-17-12-3-4-12)16-9-11-7-13(18-2)5-6-14(11)15/h5-7,10,12,16-17H,3-4,8-9H2,1-2H3. The molecule has 0 aromatic heterocycles. The van der Waals surface area contributed by atoms with E-state index in [-0.39, 0.29) is 0 Å². The Morgan fingerprint density at radius 3 is 2.89 bits per heavy atom. The van der Waals surface area contributed by atoms with Gasteiger partial charge in [0.2, 0.25) is 0 Å². The van der Waals surface area contributed by atoms with Crippen LogP contribution in [0.1, 0.15) is 25.3 Å². The van der Waals surface area contributed by atoms with E-state index in [0.29, 0.717) is 6.04 Å². The van der Waals surface area contributed by atoms with Crippen molar-refractivity contribution in [1.82, 2.24) is 10.6 Å². The molecule has 2 rings (SSSR count). The Labute approximate surface area is 117 Å². The van der Waals surface area contributed by atoms with Crippen LogP contribution in [0.15, 0.2) is 22.7 Å². The zero-order chi connectivity index (χ0) is 13.0. The summed E-state index contributed by atoms with van der Waals surface area (Å²) in [5.74, 6) is 0.902. The van der Waals surface area contributed by atoms with Gasteiger partial charge >= 0.3 is 0 Å². The van der Waals surface area contributed by atoms with Gasteiger partial charge < -0.3 is 15.4 Å². The maximum atomic E-state index is 5.24. The second-order valence-corrected chi connectivity index (χ2v) is 5.78. The van der Waals surface area contributed by atoms with Gasteiger partial charge in [0.15, 0.2) is 0 Å². The lowest BCUT2D eigenvalue weighted by Crippen LogP contribution is -2.36. The molecule has 0 bridgehead atoms. The first kappa shape index (κ1) is 13.8. The molecule has 0 radical (unpaired) electrons. The van der Waals surface area contributed by atoms with Crippen LogP contribution in [0.4, 0.5) is 0 Å². The number of halogens is 1. The maximum absolute atomic E-state index is 5.24. The lowest BCUT2D eigenvalue weighted by molar-refractivity contribution is 0.413. The summed E-state index contributed by atoms with van der Waals surface area (Å²) in [4.78, 5) is 0. The van der Waals surface area contributed by atoms with Crippen LogP contribution in [0.3, 0.4) is 0 Å². The minimum absolute atomic E-state index is 0.476. The summed E-state index contributed by atoms with van der Waals surface area (Å²) in [5.41, 5.74) is 1.23. The van der Waals surface area contributed by atoms with Crippen molar-refractivity contribution < 1.29 is 4.74 Å². The number of nitrogens with one attached hydrogen (secondary N) is 2. The number of hydrogen-bond donors (Lipinski definition) is 2. The van der Waals surface area contributed by atoms with Crippen LogP contribution < -0.4 is 15.4 Å². The van der Waals surface area contributed by atoms with Gasteiger partial charge in [-0.2, -0.15) is 0 Å². The zero-order valence-electron chi connectivity index (χ0n) is 11.0. The van der Waals surface area contributed by atoms with Crippen LogP contribution in [0.2, 0.25) is 0 Å². The molecule has 0 amide bonds. The topological polar surface area (TPSA) is 33.3 Å². The predicted octanol–water partition coefficient (Wildman–Crippen LogP) is 2.69. The molecule has 2 N–H and O–H groups in total. The van der Waals surface area contributed by atoms with Crippen molar-refractivity contribution in [2.75, 3.05) is 13.7 Å². The highest BCUT2D eigenvalue weighted by atomic mass is 79.9. The molecule has 4 heteroatoms. The molecule has 0 saturated heterocycles. The Balaban J connectivity index is 1.80. The maximum Gasteiger partial charge on any atom is 0.119 e. The van der Waals surface area contributed by atoms with E-state index in [1.54, 1.807) is 7.11 Å². The van der Waals surface area contributed by atoms with E-state index >= 15 is 0 Å². The molecule has 1 aromatic carbocycles. The van der Waals surface area contributed by atoms with Gasteiger partial charge in [0.1, 0.15) is 5.75 Å². The van der Waals surface area contributed by atoms with Crippen LogP contribution in [0.5, 0.6) is 5.75 Å². The number of hydrogen-bond acceptors (Lipinski definition) is 3. The largest absolute Gasteiger partial charge is 0.497 e. The fourth-order valence-corrected chi connectivity index (χ4v) is 2.19. The molecule has 1 atom stereocenters. The quantitative estimate of drug-likeness (QED) is 0.812. The highest BCUT2D eigenvalue weighted by Crippen LogP contribution is 2.22. The highest BCUT2D eigenvalue weighted by Gasteiger charge is 2.20. The van der Waals surface area contributed by atoms with Crippen molar-refractivity contribution in [2.24, 2.45) is 0 Å². The van der Waals surface area contributed by atoms with E-state index in [9.17, 15) is 0 Å². The summed E-state index contributed by atoms with van der Waals surface area (Å²) in [7, 11) is 1.70. The van der Waals surface area contributed by atoms with Crippen molar-refractivity contribution >= 4 is 15.9 Å². The first-order valence-corrected chi connectivity index (χ1v) is 7.27. The molecule has 1 unspecified atom stereocenters. The Morgan fingerprint density at radius 2 is 2.22 bits per heavy atom. The summed E-state index contributed by atoms with van der Waals surface area (Å²) < 4.78 is 6.37. The van der Waals surface area contributed by atoms with Crippen LogP contribution in [-0.4, -0.2) is 25.7 Å². The van der Waals surface area contributed by atoms with Crippen LogP contribution in [0.25, 0.3) is 0 Å². The summed E-state index contributed by atoms with van der Waals surface area (Å²) in [5, 5.41) is 7.06. The van der Waals surface area contributed by atoms with Crippen LogP contribution in [-0.2, 0) is 6.54 Å². The fraction of sp³-hybridized carbons (Fsp3) is 0.571. The molecule has 1 aromatic rings. The lowest BCUT2D eigenvalue weighted by atomic mass is 10.2. The van der Waals surface area contributed by atoms with E-state index in [4.69, 9.17) is 4.74 Å². The van der Waals surface area contributed by atoms with Crippen LogP contribution >= 0.6 is 15.9 Å².